The van der Waals surface area contributed by atoms with Crippen molar-refractivity contribution in [1.29, 1.82) is 0 Å². The lowest BCUT2D eigenvalue weighted by atomic mass is 10.1. The van der Waals surface area contributed by atoms with Crippen LogP contribution in [0.15, 0.2) is 91.5 Å². The molecule has 3 heterocycles. The van der Waals surface area contributed by atoms with Crippen LogP contribution in [-0.4, -0.2) is 40.6 Å². The van der Waals surface area contributed by atoms with Gasteiger partial charge in [0.05, 0.1) is 30.0 Å². The molecule has 0 aliphatic carbocycles. The van der Waals surface area contributed by atoms with Crippen molar-refractivity contribution >= 4 is 39.2 Å². The Morgan fingerprint density at radius 3 is 2.88 bits per heavy atom. The molecular formula is C29H24FN9O. The van der Waals surface area contributed by atoms with Gasteiger partial charge in [0.25, 0.3) is 0 Å². The number of aromatic nitrogens is 7. The van der Waals surface area contributed by atoms with E-state index in [0.29, 0.717) is 18.1 Å². The highest BCUT2D eigenvalue weighted by Crippen LogP contribution is 2.29. The van der Waals surface area contributed by atoms with E-state index in [2.05, 4.69) is 36.0 Å². The third-order valence-corrected chi connectivity index (χ3v) is 6.33. The first-order chi connectivity index (χ1) is 19.6. The number of carbonyl (C=O) groups is 1. The highest BCUT2D eigenvalue weighted by molar-refractivity contribution is 5.94. The molecule has 40 heavy (non-hydrogen) atoms. The highest BCUT2D eigenvalue weighted by Gasteiger charge is 2.11. The molecule has 0 saturated heterocycles. The summed E-state index contributed by atoms with van der Waals surface area (Å²) in [7, 11) is 0. The fraction of sp³-hybridized carbons (Fsp3) is 0.103. The van der Waals surface area contributed by atoms with Crippen molar-refractivity contribution in [2.45, 2.75) is 20.1 Å². The van der Waals surface area contributed by atoms with E-state index in [1.807, 2.05) is 47.1 Å². The van der Waals surface area contributed by atoms with Crippen molar-refractivity contribution in [2.24, 2.45) is 0 Å². The Hall–Kier alpha value is -5.45. The number of nitrogens with one attached hydrogen (secondary N) is 2. The van der Waals surface area contributed by atoms with E-state index in [0.717, 1.165) is 38.6 Å². The van der Waals surface area contributed by atoms with Crippen LogP contribution >= 0.6 is 0 Å². The maximum Gasteiger partial charge on any atom is 0.245 e. The first-order valence-electron chi connectivity index (χ1n) is 12.6. The van der Waals surface area contributed by atoms with E-state index in [9.17, 15) is 9.18 Å². The van der Waals surface area contributed by atoms with Gasteiger partial charge in [0.1, 0.15) is 30.3 Å². The Morgan fingerprint density at radius 1 is 1.07 bits per heavy atom. The van der Waals surface area contributed by atoms with Crippen LogP contribution in [0.2, 0.25) is 0 Å². The molecule has 6 rings (SSSR count). The number of benzene rings is 3. The Morgan fingerprint density at radius 2 is 2.00 bits per heavy atom. The second-order valence-corrected chi connectivity index (χ2v) is 9.13. The van der Waals surface area contributed by atoms with Gasteiger partial charge in [-0.3, -0.25) is 9.48 Å². The summed E-state index contributed by atoms with van der Waals surface area (Å²) >= 11 is 0. The first-order valence-corrected chi connectivity index (χ1v) is 12.6. The predicted molar refractivity (Wildman–Crippen MR) is 150 cm³/mol. The summed E-state index contributed by atoms with van der Waals surface area (Å²) in [6.45, 7) is 2.46. The summed E-state index contributed by atoms with van der Waals surface area (Å²) in [6.07, 6.45) is 8.20. The molecule has 11 heteroatoms. The molecule has 0 aliphatic rings. The van der Waals surface area contributed by atoms with E-state index >= 15 is 0 Å². The molecule has 0 aliphatic heterocycles. The third kappa shape index (κ3) is 5.25. The number of nitrogens with zero attached hydrogens (tertiary/aromatic N) is 7. The fourth-order valence-electron chi connectivity index (χ4n) is 4.43. The third-order valence-electron chi connectivity index (χ3n) is 6.33. The van der Waals surface area contributed by atoms with Crippen molar-refractivity contribution in [3.8, 4) is 11.3 Å². The maximum atomic E-state index is 13.6. The molecule has 0 fully saturated rings. The molecule has 2 N–H and O–H groups in total. The quantitative estimate of drug-likeness (QED) is 0.270. The predicted octanol–water partition coefficient (Wildman–Crippen LogP) is 4.82. The van der Waals surface area contributed by atoms with Crippen LogP contribution in [0.4, 0.5) is 15.9 Å². The molecule has 6 aromatic rings. The average molecular weight is 534 g/mol. The zero-order chi connectivity index (χ0) is 27.5. The smallest absolute Gasteiger partial charge is 0.245 e. The lowest BCUT2D eigenvalue weighted by molar-refractivity contribution is -0.117. The molecular weight excluding hydrogens is 509 g/mol. The normalized spacial score (nSPS) is 11.4. The van der Waals surface area contributed by atoms with E-state index in [1.54, 1.807) is 36.1 Å². The molecule has 198 valence electrons. The van der Waals surface area contributed by atoms with Gasteiger partial charge < -0.3 is 10.6 Å². The molecule has 3 aromatic carbocycles. The summed E-state index contributed by atoms with van der Waals surface area (Å²) in [5, 5.41) is 20.8. The maximum absolute atomic E-state index is 13.6. The number of rotatable bonds is 8. The van der Waals surface area contributed by atoms with Crippen molar-refractivity contribution in [1.82, 2.24) is 40.1 Å². The zero-order valence-corrected chi connectivity index (χ0v) is 21.5. The molecule has 10 nitrogen and oxygen atoms in total. The fourth-order valence-corrected chi connectivity index (χ4v) is 4.43. The monoisotopic (exact) mass is 533 g/mol. The van der Waals surface area contributed by atoms with Crippen LogP contribution in [0.1, 0.15) is 12.5 Å². The molecule has 0 spiro atoms. The van der Waals surface area contributed by atoms with E-state index in [4.69, 9.17) is 0 Å². The van der Waals surface area contributed by atoms with Crippen molar-refractivity contribution in [3.05, 3.63) is 103 Å². The van der Waals surface area contributed by atoms with Gasteiger partial charge in [-0.2, -0.15) is 5.10 Å². The Labute approximate surface area is 228 Å². The second-order valence-electron chi connectivity index (χ2n) is 9.13. The van der Waals surface area contributed by atoms with E-state index < -0.39 is 0 Å². The van der Waals surface area contributed by atoms with Crippen LogP contribution in [0.3, 0.4) is 0 Å². The minimum Gasteiger partial charge on any atom is -0.340 e. The van der Waals surface area contributed by atoms with Crippen LogP contribution in [-0.2, 0) is 18.0 Å². The number of fused-ring (bicyclic) bond motifs is 2. The lowest BCUT2D eigenvalue weighted by Gasteiger charge is -2.10. The lowest BCUT2D eigenvalue weighted by Crippen LogP contribution is -2.24. The molecule has 0 atom stereocenters. The molecule has 0 unspecified atom stereocenters. The largest absolute Gasteiger partial charge is 0.340 e. The summed E-state index contributed by atoms with van der Waals surface area (Å²) in [6, 6.07) is 18.2. The number of hydrogen-bond acceptors (Lipinski definition) is 7. The highest BCUT2D eigenvalue weighted by atomic mass is 19.1. The second kappa shape index (κ2) is 10.7. The Balaban J connectivity index is 1.24. The number of halogens is 1. The van der Waals surface area contributed by atoms with Gasteiger partial charge in [0.2, 0.25) is 5.91 Å². The number of amides is 1. The standard InChI is InChI=1S/C29H24FN9O/c1-2-4-28(40)33-18-38-16-26(36-37-38)20-7-9-25-24(13-20)29(32-17-31-25)35-23-8-10-27-21(12-23)14-34-39(27)15-19-5-3-6-22(30)11-19/h2-14,16-17H,15,18H2,1H3,(H,33,40)(H,31,32,35)/b4-2-. The van der Waals surface area contributed by atoms with Crippen LogP contribution in [0.25, 0.3) is 33.1 Å². The topological polar surface area (TPSA) is 115 Å². The molecule has 1 amide bonds. The number of allylic oxidation sites excluding steroid dienone is 1. The van der Waals surface area contributed by atoms with Gasteiger partial charge in [-0.15, -0.1) is 5.10 Å². The van der Waals surface area contributed by atoms with Gasteiger partial charge >= 0.3 is 0 Å². The summed E-state index contributed by atoms with van der Waals surface area (Å²) in [4.78, 5) is 20.6. The van der Waals surface area contributed by atoms with Gasteiger partial charge in [0, 0.05) is 22.0 Å². The van der Waals surface area contributed by atoms with Crippen molar-refractivity contribution < 1.29 is 9.18 Å². The van der Waals surface area contributed by atoms with Crippen LogP contribution in [0.5, 0.6) is 0 Å². The van der Waals surface area contributed by atoms with Gasteiger partial charge in [-0.1, -0.05) is 29.5 Å². The summed E-state index contributed by atoms with van der Waals surface area (Å²) < 4.78 is 17.0. The van der Waals surface area contributed by atoms with Crippen LogP contribution < -0.4 is 10.6 Å². The van der Waals surface area contributed by atoms with Crippen LogP contribution in [0, 0.1) is 5.82 Å². The van der Waals surface area contributed by atoms with E-state index in [1.165, 1.54) is 24.5 Å². The number of hydrogen-bond donors (Lipinski definition) is 2. The van der Waals surface area contributed by atoms with Gasteiger partial charge in [-0.05, 0) is 61.0 Å². The number of carbonyl (C=O) groups excluding carboxylic acids is 1. The summed E-state index contributed by atoms with van der Waals surface area (Å²) in [5.41, 5.74) is 4.89. The molecule has 0 bridgehead atoms. The molecule has 0 saturated carbocycles. The average Bonchev–Trinajstić information content (AvgIpc) is 3.59. The Bertz CT molecular complexity index is 1870. The minimum atomic E-state index is -0.265. The van der Waals surface area contributed by atoms with Gasteiger partial charge in [-0.25, -0.2) is 19.0 Å². The van der Waals surface area contributed by atoms with Gasteiger partial charge in [0.15, 0.2) is 0 Å². The zero-order valence-electron chi connectivity index (χ0n) is 21.5. The molecule has 0 radical (unpaired) electrons. The van der Waals surface area contributed by atoms with Crippen molar-refractivity contribution in [3.63, 3.8) is 0 Å². The summed E-state index contributed by atoms with van der Waals surface area (Å²) in [5.74, 6) is 0.179. The SMILES string of the molecule is C/C=C\C(=O)NCn1cc(-c2ccc3ncnc(Nc4ccc5c(cnn5Cc5cccc(F)c5)c4)c3c2)nn1. The van der Waals surface area contributed by atoms with E-state index in [-0.39, 0.29) is 18.4 Å². The number of anilines is 2. The van der Waals surface area contributed by atoms with Crippen molar-refractivity contribution in [2.75, 3.05) is 5.32 Å². The Kier molecular flexibility index (Phi) is 6.67. The molecule has 3 aromatic heterocycles. The first kappa shape index (κ1) is 24.9. The minimum absolute atomic E-state index is 0.199.